The Kier molecular flexibility index (Phi) is 3.19. The largest absolute Gasteiger partial charge is 0.344 e. The van der Waals surface area contributed by atoms with Crippen molar-refractivity contribution >= 4 is 5.95 Å². The molecular formula is C11H13N7. The summed E-state index contributed by atoms with van der Waals surface area (Å²) in [6.45, 7) is 3.75. The van der Waals surface area contributed by atoms with Crippen molar-refractivity contribution in [3.63, 3.8) is 0 Å². The summed E-state index contributed by atoms with van der Waals surface area (Å²) in [6, 6.07) is 3.55. The lowest BCUT2D eigenvalue weighted by Crippen LogP contribution is -2.14. The van der Waals surface area contributed by atoms with Gasteiger partial charge in [-0.2, -0.15) is 5.26 Å². The van der Waals surface area contributed by atoms with Gasteiger partial charge in [0, 0.05) is 12.7 Å². The number of nitrogens with one attached hydrogen (secondary N) is 1. The van der Waals surface area contributed by atoms with Gasteiger partial charge in [-0.15, -0.1) is 10.2 Å². The van der Waals surface area contributed by atoms with E-state index in [0.29, 0.717) is 11.6 Å². The van der Waals surface area contributed by atoms with Gasteiger partial charge in [0.1, 0.15) is 18.1 Å². The molecule has 0 aliphatic carbocycles. The summed E-state index contributed by atoms with van der Waals surface area (Å²) in [5, 5.41) is 19.8. The molecule has 2 aromatic heterocycles. The third-order valence-electron chi connectivity index (χ3n) is 2.45. The summed E-state index contributed by atoms with van der Waals surface area (Å²) in [4.78, 5) is 8.32. The van der Waals surface area contributed by atoms with Gasteiger partial charge in [-0.1, -0.05) is 0 Å². The van der Waals surface area contributed by atoms with Crippen LogP contribution in [0.1, 0.15) is 30.2 Å². The van der Waals surface area contributed by atoms with Crippen molar-refractivity contribution in [2.24, 2.45) is 7.05 Å². The zero-order chi connectivity index (χ0) is 13.1. The molecule has 18 heavy (non-hydrogen) atoms. The molecule has 0 aliphatic rings. The minimum Gasteiger partial charge on any atom is -0.344 e. The molecule has 7 nitrogen and oxygen atoms in total. The summed E-state index contributed by atoms with van der Waals surface area (Å²) in [7, 11) is 1.87. The lowest BCUT2D eigenvalue weighted by Gasteiger charge is -2.13. The highest BCUT2D eigenvalue weighted by molar-refractivity contribution is 5.34. The van der Waals surface area contributed by atoms with Gasteiger partial charge in [0.2, 0.25) is 5.95 Å². The number of nitrogens with zero attached hydrogens (tertiary/aromatic N) is 6. The zero-order valence-corrected chi connectivity index (χ0v) is 10.4. The monoisotopic (exact) mass is 243 g/mol. The molecule has 1 atom stereocenters. The number of rotatable bonds is 3. The van der Waals surface area contributed by atoms with Crippen molar-refractivity contribution in [1.82, 2.24) is 24.7 Å². The zero-order valence-electron chi connectivity index (χ0n) is 10.4. The number of hydrogen-bond donors (Lipinski definition) is 1. The lowest BCUT2D eigenvalue weighted by atomic mass is 10.3. The third kappa shape index (κ3) is 2.43. The van der Waals surface area contributed by atoms with E-state index in [1.807, 2.05) is 31.5 Å². The van der Waals surface area contributed by atoms with Crippen molar-refractivity contribution in [1.29, 1.82) is 5.26 Å². The Morgan fingerprint density at radius 1 is 1.44 bits per heavy atom. The SMILES string of the molecule is Cc1cc(C#N)nc(NC(C)c2nncn2C)n1. The van der Waals surface area contributed by atoms with Crippen LogP contribution in [0.15, 0.2) is 12.4 Å². The molecule has 92 valence electrons. The molecule has 0 aliphatic heterocycles. The molecule has 0 bridgehead atoms. The molecule has 0 spiro atoms. The second-order valence-corrected chi connectivity index (χ2v) is 4.00. The van der Waals surface area contributed by atoms with Gasteiger partial charge >= 0.3 is 0 Å². The van der Waals surface area contributed by atoms with Crippen LogP contribution >= 0.6 is 0 Å². The van der Waals surface area contributed by atoms with Crippen LogP contribution in [0.2, 0.25) is 0 Å². The Labute approximate surface area is 105 Å². The molecule has 7 heteroatoms. The number of nitriles is 1. The van der Waals surface area contributed by atoms with E-state index in [2.05, 4.69) is 25.5 Å². The Bertz CT molecular complexity index is 596. The summed E-state index contributed by atoms with van der Waals surface area (Å²) in [6.07, 6.45) is 1.63. The van der Waals surface area contributed by atoms with Crippen LogP contribution in [-0.4, -0.2) is 24.7 Å². The van der Waals surface area contributed by atoms with Crippen molar-refractivity contribution in [2.75, 3.05) is 5.32 Å². The predicted molar refractivity (Wildman–Crippen MR) is 64.5 cm³/mol. The Balaban J connectivity index is 2.22. The molecule has 2 rings (SSSR count). The van der Waals surface area contributed by atoms with Gasteiger partial charge in [0.05, 0.1) is 6.04 Å². The maximum atomic E-state index is 8.85. The lowest BCUT2D eigenvalue weighted by molar-refractivity contribution is 0.712. The van der Waals surface area contributed by atoms with Crippen molar-refractivity contribution < 1.29 is 0 Å². The van der Waals surface area contributed by atoms with E-state index in [4.69, 9.17) is 5.26 Å². The van der Waals surface area contributed by atoms with Crippen LogP contribution < -0.4 is 5.32 Å². The molecule has 0 saturated carbocycles. The Hall–Kier alpha value is -2.49. The van der Waals surface area contributed by atoms with Crippen LogP contribution in [0.25, 0.3) is 0 Å². The van der Waals surface area contributed by atoms with Crippen LogP contribution in [0, 0.1) is 18.3 Å². The fourth-order valence-electron chi connectivity index (χ4n) is 1.63. The van der Waals surface area contributed by atoms with Crippen LogP contribution in [0.3, 0.4) is 0 Å². The van der Waals surface area contributed by atoms with Gasteiger partial charge in [0.15, 0.2) is 5.82 Å². The highest BCUT2D eigenvalue weighted by Gasteiger charge is 2.13. The molecule has 0 radical (unpaired) electrons. The summed E-state index contributed by atoms with van der Waals surface area (Å²) >= 11 is 0. The van der Waals surface area contributed by atoms with Gasteiger partial charge in [-0.05, 0) is 19.9 Å². The average molecular weight is 243 g/mol. The standard InChI is InChI=1S/C11H13N7/c1-7-4-9(5-12)16-11(14-7)15-8(2)10-17-13-6-18(10)3/h4,6,8H,1-3H3,(H,14,15,16). The third-order valence-corrected chi connectivity index (χ3v) is 2.45. The van der Waals surface area contributed by atoms with E-state index in [1.165, 1.54) is 0 Å². The molecule has 0 aromatic carbocycles. The van der Waals surface area contributed by atoms with Gasteiger partial charge in [0.25, 0.3) is 0 Å². The molecule has 0 fully saturated rings. The van der Waals surface area contributed by atoms with E-state index in [1.54, 1.807) is 12.4 Å². The van der Waals surface area contributed by atoms with Crippen molar-refractivity contribution in [3.8, 4) is 6.07 Å². The van der Waals surface area contributed by atoms with Crippen LogP contribution in [-0.2, 0) is 7.05 Å². The second kappa shape index (κ2) is 4.79. The van der Waals surface area contributed by atoms with Gasteiger partial charge in [-0.25, -0.2) is 9.97 Å². The Morgan fingerprint density at radius 3 is 2.83 bits per heavy atom. The topological polar surface area (TPSA) is 92.3 Å². The average Bonchev–Trinajstić information content (AvgIpc) is 2.74. The fraction of sp³-hybridized carbons (Fsp3) is 0.364. The van der Waals surface area contributed by atoms with Gasteiger partial charge in [-0.3, -0.25) is 0 Å². The molecular weight excluding hydrogens is 230 g/mol. The highest BCUT2D eigenvalue weighted by atomic mass is 15.3. The maximum Gasteiger partial charge on any atom is 0.224 e. The van der Waals surface area contributed by atoms with Gasteiger partial charge < -0.3 is 9.88 Å². The van der Waals surface area contributed by atoms with E-state index in [9.17, 15) is 0 Å². The maximum absolute atomic E-state index is 8.85. The normalized spacial score (nSPS) is 11.9. The van der Waals surface area contributed by atoms with Crippen LogP contribution in [0.5, 0.6) is 0 Å². The minimum atomic E-state index is -0.0918. The first-order valence-electron chi connectivity index (χ1n) is 5.46. The highest BCUT2D eigenvalue weighted by Crippen LogP contribution is 2.14. The van der Waals surface area contributed by atoms with E-state index < -0.39 is 0 Å². The first kappa shape index (κ1) is 12.0. The number of aryl methyl sites for hydroxylation is 2. The summed E-state index contributed by atoms with van der Waals surface area (Å²) in [5.41, 5.74) is 1.09. The number of hydrogen-bond acceptors (Lipinski definition) is 6. The predicted octanol–water partition coefficient (Wildman–Crippen LogP) is 0.958. The molecule has 1 unspecified atom stereocenters. The summed E-state index contributed by atoms with van der Waals surface area (Å²) < 4.78 is 1.82. The van der Waals surface area contributed by atoms with E-state index in [-0.39, 0.29) is 6.04 Å². The smallest absolute Gasteiger partial charge is 0.224 e. The molecule has 2 heterocycles. The fourth-order valence-corrected chi connectivity index (χ4v) is 1.63. The number of aromatic nitrogens is 5. The molecule has 2 aromatic rings. The van der Waals surface area contributed by atoms with E-state index in [0.717, 1.165) is 11.5 Å². The summed E-state index contributed by atoms with van der Waals surface area (Å²) in [5.74, 6) is 1.20. The number of anilines is 1. The first-order valence-corrected chi connectivity index (χ1v) is 5.46. The van der Waals surface area contributed by atoms with E-state index >= 15 is 0 Å². The van der Waals surface area contributed by atoms with Crippen LogP contribution in [0.4, 0.5) is 5.95 Å². The molecule has 1 N–H and O–H groups in total. The molecule has 0 saturated heterocycles. The first-order chi connectivity index (χ1) is 8.60. The van der Waals surface area contributed by atoms with Crippen molar-refractivity contribution in [2.45, 2.75) is 19.9 Å². The minimum absolute atomic E-state index is 0.0918. The quantitative estimate of drug-likeness (QED) is 0.863. The van der Waals surface area contributed by atoms with Crippen molar-refractivity contribution in [3.05, 3.63) is 29.6 Å². The Morgan fingerprint density at radius 2 is 2.22 bits per heavy atom. The molecule has 0 amide bonds. The second-order valence-electron chi connectivity index (χ2n) is 4.00.